The minimum Gasteiger partial charge on any atom is -0.394 e. The van der Waals surface area contributed by atoms with Gasteiger partial charge in [-0.15, -0.1) is 0 Å². The van der Waals surface area contributed by atoms with E-state index in [-0.39, 0.29) is 19.1 Å². The molecule has 1 aromatic heterocycles. The number of hydrogen-bond acceptors (Lipinski definition) is 3. The molecule has 1 atom stereocenters. The fourth-order valence-corrected chi connectivity index (χ4v) is 1.44. The maximum atomic E-state index is 10.8. The van der Waals surface area contributed by atoms with E-state index < -0.39 is 6.10 Å². The van der Waals surface area contributed by atoms with Gasteiger partial charge in [0.2, 0.25) is 0 Å². The molecular formula is C13H17NO3. The van der Waals surface area contributed by atoms with Gasteiger partial charge in [-0.3, -0.25) is 4.79 Å². The highest BCUT2D eigenvalue weighted by Gasteiger charge is 2.06. The Morgan fingerprint density at radius 2 is 2.24 bits per heavy atom. The van der Waals surface area contributed by atoms with E-state index in [2.05, 4.69) is 11.8 Å². The van der Waals surface area contributed by atoms with E-state index >= 15 is 0 Å². The summed E-state index contributed by atoms with van der Waals surface area (Å²) in [6.07, 6.45) is 2.03. The van der Waals surface area contributed by atoms with E-state index in [4.69, 9.17) is 10.2 Å². The minimum absolute atomic E-state index is 0.203. The van der Waals surface area contributed by atoms with Crippen molar-refractivity contribution in [1.82, 2.24) is 4.57 Å². The van der Waals surface area contributed by atoms with Crippen LogP contribution in [0.1, 0.15) is 42.4 Å². The predicted octanol–water partition coefficient (Wildman–Crippen LogP) is 0.976. The maximum absolute atomic E-state index is 10.8. The van der Waals surface area contributed by atoms with Gasteiger partial charge < -0.3 is 14.8 Å². The molecule has 0 amide bonds. The molecule has 1 aromatic rings. The van der Waals surface area contributed by atoms with Crippen LogP contribution in [-0.2, 0) is 0 Å². The fourth-order valence-electron chi connectivity index (χ4n) is 1.44. The summed E-state index contributed by atoms with van der Waals surface area (Å²) in [7, 11) is 0. The van der Waals surface area contributed by atoms with E-state index in [0.717, 1.165) is 11.8 Å². The van der Waals surface area contributed by atoms with Gasteiger partial charge in [0.05, 0.1) is 18.4 Å². The highest BCUT2D eigenvalue weighted by Crippen LogP contribution is 2.12. The second kappa shape index (κ2) is 6.24. The average molecular weight is 235 g/mol. The molecular weight excluding hydrogens is 218 g/mol. The van der Waals surface area contributed by atoms with Crippen LogP contribution < -0.4 is 0 Å². The summed E-state index contributed by atoms with van der Waals surface area (Å²) in [6.45, 7) is 3.68. The van der Waals surface area contributed by atoms with Gasteiger partial charge in [-0.25, -0.2) is 0 Å². The molecule has 0 aliphatic rings. The van der Waals surface area contributed by atoms with Crippen LogP contribution in [0, 0.1) is 11.8 Å². The highest BCUT2D eigenvalue weighted by molar-refractivity contribution is 5.73. The fraction of sp³-hybridized carbons (Fsp3) is 0.462. The quantitative estimate of drug-likeness (QED) is 0.604. The molecule has 4 heteroatoms. The van der Waals surface area contributed by atoms with Crippen molar-refractivity contribution in [2.45, 2.75) is 32.4 Å². The van der Waals surface area contributed by atoms with Gasteiger partial charge in [0, 0.05) is 24.2 Å². The van der Waals surface area contributed by atoms with Crippen LogP contribution in [-0.4, -0.2) is 33.8 Å². The second-order valence-corrected chi connectivity index (χ2v) is 4.11. The van der Waals surface area contributed by atoms with Crippen molar-refractivity contribution in [1.29, 1.82) is 0 Å². The monoisotopic (exact) mass is 235 g/mol. The van der Waals surface area contributed by atoms with E-state index in [0.29, 0.717) is 5.69 Å². The topological polar surface area (TPSA) is 62.5 Å². The van der Waals surface area contributed by atoms with Gasteiger partial charge in [-0.2, -0.15) is 0 Å². The largest absolute Gasteiger partial charge is 0.394 e. The lowest BCUT2D eigenvalue weighted by Crippen LogP contribution is -2.09. The minimum atomic E-state index is -0.805. The van der Waals surface area contributed by atoms with Gasteiger partial charge in [-0.1, -0.05) is 11.8 Å². The molecule has 0 aliphatic carbocycles. The maximum Gasteiger partial charge on any atom is 0.166 e. The first-order valence-electron chi connectivity index (χ1n) is 5.53. The zero-order chi connectivity index (χ0) is 12.8. The molecule has 4 nitrogen and oxygen atoms in total. The zero-order valence-electron chi connectivity index (χ0n) is 10.1. The summed E-state index contributed by atoms with van der Waals surface area (Å²) in [6, 6.07) is 1.92. The Morgan fingerprint density at radius 1 is 1.53 bits per heavy atom. The Labute approximate surface area is 101 Å². The van der Waals surface area contributed by atoms with Crippen LogP contribution >= 0.6 is 0 Å². The smallest absolute Gasteiger partial charge is 0.166 e. The van der Waals surface area contributed by atoms with Crippen LogP contribution in [0.3, 0.4) is 0 Å². The number of hydrogen-bond donors (Lipinski definition) is 2. The first-order valence-corrected chi connectivity index (χ1v) is 5.53. The molecule has 0 radical (unpaired) electrons. The van der Waals surface area contributed by atoms with E-state index in [1.807, 2.05) is 24.6 Å². The van der Waals surface area contributed by atoms with Crippen molar-refractivity contribution in [2.75, 3.05) is 6.61 Å². The molecule has 2 N–H and O–H groups in total. The van der Waals surface area contributed by atoms with E-state index in [1.54, 1.807) is 6.07 Å². The Bertz CT molecular complexity index is 437. The van der Waals surface area contributed by atoms with Crippen LogP contribution in [0.15, 0.2) is 12.3 Å². The van der Waals surface area contributed by atoms with Crippen molar-refractivity contribution in [3.05, 3.63) is 23.5 Å². The number of aliphatic hydroxyl groups excluding tert-OH is 2. The van der Waals surface area contributed by atoms with Gasteiger partial charge in [0.25, 0.3) is 0 Å². The van der Waals surface area contributed by atoms with Gasteiger partial charge in [0.1, 0.15) is 0 Å². The molecule has 17 heavy (non-hydrogen) atoms. The standard InChI is InChI=1S/C13H17NO3/c1-10(2)14-7-11(6-12(14)8-15)4-3-5-13(17)9-16/h6-8,10,13,16-17H,5,9H2,1-2H3. The Morgan fingerprint density at radius 3 is 2.71 bits per heavy atom. The number of carbonyl (C=O) groups is 1. The summed E-state index contributed by atoms with van der Waals surface area (Å²) in [5.41, 5.74) is 1.33. The molecule has 0 fully saturated rings. The molecule has 0 aromatic carbocycles. The summed E-state index contributed by atoms with van der Waals surface area (Å²) < 4.78 is 1.85. The van der Waals surface area contributed by atoms with E-state index in [9.17, 15) is 4.79 Å². The predicted molar refractivity (Wildman–Crippen MR) is 64.8 cm³/mol. The van der Waals surface area contributed by atoms with Crippen LogP contribution in [0.25, 0.3) is 0 Å². The third kappa shape index (κ3) is 3.74. The molecule has 0 saturated carbocycles. The summed E-state index contributed by atoms with van der Waals surface area (Å²) in [4.78, 5) is 10.8. The van der Waals surface area contributed by atoms with Crippen LogP contribution in [0.5, 0.6) is 0 Å². The lowest BCUT2D eigenvalue weighted by Gasteiger charge is -2.07. The van der Waals surface area contributed by atoms with Crippen LogP contribution in [0.2, 0.25) is 0 Å². The lowest BCUT2D eigenvalue weighted by molar-refractivity contribution is 0.0992. The normalized spacial score (nSPS) is 12.1. The molecule has 0 spiro atoms. The lowest BCUT2D eigenvalue weighted by atomic mass is 10.2. The molecule has 0 aliphatic heterocycles. The first kappa shape index (κ1) is 13.5. The first-order chi connectivity index (χ1) is 8.08. The molecule has 1 rings (SSSR count). The van der Waals surface area contributed by atoms with Crippen LogP contribution in [0.4, 0.5) is 0 Å². The molecule has 1 heterocycles. The van der Waals surface area contributed by atoms with Crippen molar-refractivity contribution >= 4 is 6.29 Å². The van der Waals surface area contributed by atoms with E-state index in [1.165, 1.54) is 0 Å². The summed E-state index contributed by atoms with van der Waals surface area (Å²) in [5.74, 6) is 5.63. The number of carbonyl (C=O) groups excluding carboxylic acids is 1. The number of aromatic nitrogens is 1. The summed E-state index contributed by atoms with van der Waals surface area (Å²) >= 11 is 0. The Balaban J connectivity index is 2.82. The van der Waals surface area contributed by atoms with Crippen molar-refractivity contribution < 1.29 is 15.0 Å². The second-order valence-electron chi connectivity index (χ2n) is 4.11. The molecule has 92 valence electrons. The third-order valence-electron chi connectivity index (χ3n) is 2.34. The molecule has 0 bridgehead atoms. The average Bonchev–Trinajstić information content (AvgIpc) is 2.72. The summed E-state index contributed by atoms with van der Waals surface area (Å²) in [5, 5.41) is 17.7. The SMILES string of the molecule is CC(C)n1cc(C#CCC(O)CO)cc1C=O. The highest BCUT2D eigenvalue weighted by atomic mass is 16.3. The Kier molecular flexibility index (Phi) is 4.95. The molecule has 0 saturated heterocycles. The number of rotatable bonds is 4. The van der Waals surface area contributed by atoms with Gasteiger partial charge in [0.15, 0.2) is 6.29 Å². The third-order valence-corrected chi connectivity index (χ3v) is 2.34. The molecule has 1 unspecified atom stereocenters. The number of aliphatic hydroxyl groups is 2. The van der Waals surface area contributed by atoms with Crippen molar-refractivity contribution in [3.8, 4) is 11.8 Å². The number of nitrogens with zero attached hydrogens (tertiary/aromatic N) is 1. The van der Waals surface area contributed by atoms with Gasteiger partial charge in [-0.05, 0) is 19.9 Å². The van der Waals surface area contributed by atoms with Crippen molar-refractivity contribution in [2.24, 2.45) is 0 Å². The number of aldehydes is 1. The zero-order valence-corrected chi connectivity index (χ0v) is 10.1. The van der Waals surface area contributed by atoms with Crippen molar-refractivity contribution in [3.63, 3.8) is 0 Å². The van der Waals surface area contributed by atoms with Gasteiger partial charge >= 0.3 is 0 Å². The Hall–Kier alpha value is -1.57.